The van der Waals surface area contributed by atoms with Crippen molar-refractivity contribution in [1.82, 2.24) is 4.98 Å². The molecule has 0 aliphatic heterocycles. The molecule has 1 heterocycles. The Bertz CT molecular complexity index is 928. The van der Waals surface area contributed by atoms with Gasteiger partial charge in [-0.25, -0.2) is 14.6 Å². The van der Waals surface area contributed by atoms with Crippen LogP contribution in [0.3, 0.4) is 0 Å². The van der Waals surface area contributed by atoms with Crippen molar-refractivity contribution in [2.45, 2.75) is 0 Å². The fourth-order valence-corrected chi connectivity index (χ4v) is 2.32. The minimum atomic E-state index is -1.49. The van der Waals surface area contributed by atoms with E-state index in [4.69, 9.17) is 10.2 Å². The fourth-order valence-electron chi connectivity index (χ4n) is 2.32. The number of pyridine rings is 1. The molecule has 0 unspecified atom stereocenters. The summed E-state index contributed by atoms with van der Waals surface area (Å²) < 4.78 is 0. The lowest BCUT2D eigenvalue weighted by molar-refractivity contribution is -0.140. The number of hydrogen-bond donors (Lipinski definition) is 2. The molecular weight excluding hydrogens is 282 g/mol. The minimum absolute atomic E-state index is 0.295. The van der Waals surface area contributed by atoms with Gasteiger partial charge in [-0.05, 0) is 17.5 Å². The predicted molar refractivity (Wildman–Crippen MR) is 82.5 cm³/mol. The molecule has 5 heteroatoms. The summed E-state index contributed by atoms with van der Waals surface area (Å²) in [6.45, 7) is 0. The van der Waals surface area contributed by atoms with Gasteiger partial charge in [-0.15, -0.1) is 0 Å². The summed E-state index contributed by atoms with van der Waals surface area (Å²) in [5, 5.41) is 20.7. The van der Waals surface area contributed by atoms with Crippen molar-refractivity contribution in [3.63, 3.8) is 0 Å². The Labute approximate surface area is 125 Å². The first-order chi connectivity index (χ1) is 10.6. The molecule has 2 aromatic carbocycles. The molecular formula is C17H11NO4. The number of aromatic nitrogens is 1. The zero-order valence-corrected chi connectivity index (χ0v) is 11.4. The number of fused-ring (bicyclic) bond motifs is 3. The van der Waals surface area contributed by atoms with E-state index in [1.54, 1.807) is 12.1 Å². The van der Waals surface area contributed by atoms with Gasteiger partial charge in [0.05, 0.1) is 11.2 Å². The summed E-state index contributed by atoms with van der Waals surface area (Å²) in [7, 11) is 0. The largest absolute Gasteiger partial charge is 0.477 e. The van der Waals surface area contributed by atoms with Crippen molar-refractivity contribution in [2.24, 2.45) is 0 Å². The van der Waals surface area contributed by atoms with Crippen LogP contribution in [0.4, 0.5) is 0 Å². The Morgan fingerprint density at radius 1 is 0.864 bits per heavy atom. The maximum absolute atomic E-state index is 10.9. The lowest BCUT2D eigenvalue weighted by atomic mass is 10.1. The van der Waals surface area contributed by atoms with Gasteiger partial charge >= 0.3 is 11.9 Å². The van der Waals surface area contributed by atoms with E-state index in [0.717, 1.165) is 22.2 Å². The quantitative estimate of drug-likeness (QED) is 0.335. The highest BCUT2D eigenvalue weighted by Gasteiger charge is 2.16. The molecule has 108 valence electrons. The Hall–Kier alpha value is -3.21. The van der Waals surface area contributed by atoms with Crippen molar-refractivity contribution in [2.75, 3.05) is 0 Å². The van der Waals surface area contributed by atoms with Crippen LogP contribution in [-0.2, 0) is 9.59 Å². The van der Waals surface area contributed by atoms with Crippen LogP contribution in [0, 0.1) is 0 Å². The maximum atomic E-state index is 10.9. The zero-order chi connectivity index (χ0) is 15.7. The molecule has 0 fully saturated rings. The first-order valence-electron chi connectivity index (χ1n) is 6.53. The van der Waals surface area contributed by atoms with Crippen LogP contribution in [0.25, 0.3) is 27.8 Å². The summed E-state index contributed by atoms with van der Waals surface area (Å²) in [6, 6.07) is 15.0. The Morgan fingerprint density at radius 2 is 1.50 bits per heavy atom. The maximum Gasteiger partial charge on any atom is 0.343 e. The van der Waals surface area contributed by atoms with E-state index in [0.29, 0.717) is 11.2 Å². The average Bonchev–Trinajstić information content (AvgIpc) is 2.51. The Kier molecular flexibility index (Phi) is 3.31. The first kappa shape index (κ1) is 13.8. The highest BCUT2D eigenvalue weighted by Crippen LogP contribution is 2.24. The van der Waals surface area contributed by atoms with Gasteiger partial charge in [-0.1, -0.05) is 42.5 Å². The number of nitrogens with zero attached hydrogens (tertiary/aromatic N) is 1. The van der Waals surface area contributed by atoms with E-state index < -0.39 is 17.5 Å². The second-order valence-corrected chi connectivity index (χ2v) is 4.76. The van der Waals surface area contributed by atoms with Crippen LogP contribution in [-0.4, -0.2) is 27.1 Å². The SMILES string of the molecule is O=C(O)C(=Cc1ccc2ccc3ccccc3c2n1)C(=O)O. The number of carboxylic acid groups (broad SMARTS) is 2. The molecule has 0 radical (unpaired) electrons. The predicted octanol–water partition coefficient (Wildman–Crippen LogP) is 2.94. The molecule has 0 saturated carbocycles. The third kappa shape index (κ3) is 2.40. The normalized spacial score (nSPS) is 10.5. The third-order valence-corrected chi connectivity index (χ3v) is 3.36. The molecule has 5 nitrogen and oxygen atoms in total. The van der Waals surface area contributed by atoms with Gasteiger partial charge in [0.2, 0.25) is 0 Å². The van der Waals surface area contributed by atoms with Crippen LogP contribution >= 0.6 is 0 Å². The lowest BCUT2D eigenvalue weighted by Gasteiger charge is -2.04. The van der Waals surface area contributed by atoms with E-state index in [2.05, 4.69) is 4.98 Å². The van der Waals surface area contributed by atoms with E-state index in [1.807, 2.05) is 36.4 Å². The standard InChI is InChI=1S/C17H11NO4/c19-16(20)14(17(21)22)9-12-8-7-11-6-5-10-3-1-2-4-13(10)15(11)18-12/h1-9H,(H,19,20)(H,21,22). The number of aliphatic carboxylic acids is 2. The van der Waals surface area contributed by atoms with Crippen molar-refractivity contribution >= 4 is 39.7 Å². The molecule has 0 aliphatic rings. The molecule has 0 aliphatic carbocycles. The monoisotopic (exact) mass is 293 g/mol. The van der Waals surface area contributed by atoms with Gasteiger partial charge in [0.15, 0.2) is 0 Å². The second kappa shape index (κ2) is 5.29. The lowest BCUT2D eigenvalue weighted by Crippen LogP contribution is -2.11. The molecule has 0 atom stereocenters. The molecule has 0 spiro atoms. The highest BCUT2D eigenvalue weighted by molar-refractivity contribution is 6.16. The number of carbonyl (C=O) groups is 2. The van der Waals surface area contributed by atoms with Crippen LogP contribution in [0.15, 0.2) is 54.1 Å². The number of rotatable bonds is 3. The third-order valence-electron chi connectivity index (χ3n) is 3.36. The summed E-state index contributed by atoms with van der Waals surface area (Å²) in [5.74, 6) is -2.99. The average molecular weight is 293 g/mol. The number of benzene rings is 2. The molecule has 0 amide bonds. The summed E-state index contributed by atoms with van der Waals surface area (Å²) in [4.78, 5) is 26.3. The van der Waals surface area contributed by atoms with Gasteiger partial charge in [0, 0.05) is 10.8 Å². The van der Waals surface area contributed by atoms with Crippen molar-refractivity contribution in [3.8, 4) is 0 Å². The highest BCUT2D eigenvalue weighted by atomic mass is 16.4. The molecule has 22 heavy (non-hydrogen) atoms. The van der Waals surface area contributed by atoms with Gasteiger partial charge in [0.1, 0.15) is 5.57 Å². The van der Waals surface area contributed by atoms with Crippen molar-refractivity contribution < 1.29 is 19.8 Å². The van der Waals surface area contributed by atoms with Gasteiger partial charge in [-0.3, -0.25) is 0 Å². The van der Waals surface area contributed by atoms with Crippen LogP contribution in [0.1, 0.15) is 5.69 Å². The molecule has 0 saturated heterocycles. The van der Waals surface area contributed by atoms with E-state index in [9.17, 15) is 9.59 Å². The second-order valence-electron chi connectivity index (χ2n) is 4.76. The molecule has 1 aromatic heterocycles. The number of carboxylic acids is 2. The molecule has 2 N–H and O–H groups in total. The van der Waals surface area contributed by atoms with Gasteiger partial charge in [-0.2, -0.15) is 0 Å². The first-order valence-corrected chi connectivity index (χ1v) is 6.53. The van der Waals surface area contributed by atoms with E-state index >= 15 is 0 Å². The van der Waals surface area contributed by atoms with E-state index in [1.165, 1.54) is 0 Å². The minimum Gasteiger partial charge on any atom is -0.477 e. The van der Waals surface area contributed by atoms with Crippen LogP contribution in [0.5, 0.6) is 0 Å². The Balaban J connectivity index is 2.25. The van der Waals surface area contributed by atoms with Gasteiger partial charge < -0.3 is 10.2 Å². The zero-order valence-electron chi connectivity index (χ0n) is 11.4. The fraction of sp³-hybridized carbons (Fsp3) is 0. The van der Waals surface area contributed by atoms with Crippen molar-refractivity contribution in [1.29, 1.82) is 0 Å². The van der Waals surface area contributed by atoms with Crippen LogP contribution < -0.4 is 0 Å². The molecule has 0 bridgehead atoms. The van der Waals surface area contributed by atoms with Crippen LogP contribution in [0.2, 0.25) is 0 Å². The summed E-state index contributed by atoms with van der Waals surface area (Å²) in [5.41, 5.74) is 0.290. The summed E-state index contributed by atoms with van der Waals surface area (Å²) in [6.07, 6.45) is 1.06. The van der Waals surface area contributed by atoms with Crippen molar-refractivity contribution in [3.05, 3.63) is 59.8 Å². The molecule has 3 rings (SSSR count). The van der Waals surface area contributed by atoms with E-state index in [-0.39, 0.29) is 0 Å². The number of hydrogen-bond acceptors (Lipinski definition) is 3. The Morgan fingerprint density at radius 3 is 2.23 bits per heavy atom. The van der Waals surface area contributed by atoms with Gasteiger partial charge in [0.25, 0.3) is 0 Å². The topological polar surface area (TPSA) is 87.5 Å². The molecule has 3 aromatic rings. The smallest absolute Gasteiger partial charge is 0.343 e. The summed E-state index contributed by atoms with van der Waals surface area (Å²) >= 11 is 0.